The lowest BCUT2D eigenvalue weighted by Gasteiger charge is -2.16. The number of benzene rings is 1. The summed E-state index contributed by atoms with van der Waals surface area (Å²) in [6.45, 7) is 2.88. The van der Waals surface area contributed by atoms with E-state index in [0.717, 1.165) is 17.8 Å². The van der Waals surface area contributed by atoms with Crippen molar-refractivity contribution in [3.8, 4) is 0 Å². The molecule has 1 aromatic rings. The minimum Gasteiger partial charge on any atom is -0.385 e. The summed E-state index contributed by atoms with van der Waals surface area (Å²) in [5.41, 5.74) is 1.91. The molecular weight excluding hydrogens is 252 g/mol. The van der Waals surface area contributed by atoms with Gasteiger partial charge in [-0.05, 0) is 31.2 Å². The first-order chi connectivity index (χ1) is 9.70. The van der Waals surface area contributed by atoms with Crippen molar-refractivity contribution in [3.05, 3.63) is 33.9 Å². The van der Waals surface area contributed by atoms with E-state index in [1.165, 1.54) is 38.5 Å². The van der Waals surface area contributed by atoms with Gasteiger partial charge in [-0.15, -0.1) is 0 Å². The Balaban J connectivity index is 1.98. The summed E-state index contributed by atoms with van der Waals surface area (Å²) >= 11 is 0. The van der Waals surface area contributed by atoms with Gasteiger partial charge in [0.25, 0.3) is 5.69 Å². The SMILES string of the molecule is CCc1ccc(NCC2CCCCCC2)cc1[N+](=O)[O-]. The maximum atomic E-state index is 11.1. The van der Waals surface area contributed by atoms with Crippen LogP contribution in [-0.4, -0.2) is 11.5 Å². The van der Waals surface area contributed by atoms with Crippen LogP contribution in [0.15, 0.2) is 18.2 Å². The smallest absolute Gasteiger partial charge is 0.274 e. The van der Waals surface area contributed by atoms with Gasteiger partial charge in [0.05, 0.1) is 4.92 Å². The Bertz CT molecular complexity index is 452. The fourth-order valence-corrected chi connectivity index (χ4v) is 2.97. The number of nitrogens with zero attached hydrogens (tertiary/aromatic N) is 1. The molecule has 0 aliphatic heterocycles. The monoisotopic (exact) mass is 276 g/mol. The van der Waals surface area contributed by atoms with Crippen molar-refractivity contribution >= 4 is 11.4 Å². The van der Waals surface area contributed by atoms with E-state index >= 15 is 0 Å². The van der Waals surface area contributed by atoms with E-state index < -0.39 is 0 Å². The van der Waals surface area contributed by atoms with Crippen LogP contribution < -0.4 is 5.32 Å². The number of hydrogen-bond donors (Lipinski definition) is 1. The van der Waals surface area contributed by atoms with Gasteiger partial charge >= 0.3 is 0 Å². The number of rotatable bonds is 5. The number of nitro benzene ring substituents is 1. The Morgan fingerprint density at radius 3 is 2.55 bits per heavy atom. The van der Waals surface area contributed by atoms with E-state index in [4.69, 9.17) is 0 Å². The van der Waals surface area contributed by atoms with Gasteiger partial charge in [-0.1, -0.05) is 38.7 Å². The molecule has 0 heterocycles. The zero-order valence-corrected chi connectivity index (χ0v) is 12.2. The van der Waals surface area contributed by atoms with Gasteiger partial charge in [-0.2, -0.15) is 0 Å². The maximum Gasteiger partial charge on any atom is 0.274 e. The molecule has 0 bridgehead atoms. The Hall–Kier alpha value is -1.58. The van der Waals surface area contributed by atoms with Crippen LogP contribution in [0.4, 0.5) is 11.4 Å². The van der Waals surface area contributed by atoms with E-state index in [0.29, 0.717) is 12.3 Å². The molecule has 1 fully saturated rings. The first-order valence-electron chi connectivity index (χ1n) is 7.72. The van der Waals surface area contributed by atoms with Crippen molar-refractivity contribution in [2.75, 3.05) is 11.9 Å². The number of nitrogens with one attached hydrogen (secondary N) is 1. The minimum absolute atomic E-state index is 0.235. The lowest BCUT2D eigenvalue weighted by atomic mass is 10.0. The third kappa shape index (κ3) is 3.95. The Labute approximate surface area is 120 Å². The molecule has 1 N–H and O–H groups in total. The fraction of sp³-hybridized carbons (Fsp3) is 0.625. The van der Waals surface area contributed by atoms with Gasteiger partial charge in [-0.25, -0.2) is 0 Å². The molecule has 0 atom stereocenters. The number of hydrogen-bond acceptors (Lipinski definition) is 3. The molecule has 1 aliphatic carbocycles. The number of nitro groups is 1. The molecule has 1 saturated carbocycles. The largest absolute Gasteiger partial charge is 0.385 e. The quantitative estimate of drug-likeness (QED) is 0.488. The summed E-state index contributed by atoms with van der Waals surface area (Å²) in [6.07, 6.45) is 8.60. The topological polar surface area (TPSA) is 55.2 Å². The van der Waals surface area contributed by atoms with Gasteiger partial charge in [0.2, 0.25) is 0 Å². The fourth-order valence-electron chi connectivity index (χ4n) is 2.97. The highest BCUT2D eigenvalue weighted by atomic mass is 16.6. The number of anilines is 1. The lowest BCUT2D eigenvalue weighted by Crippen LogP contribution is -2.13. The van der Waals surface area contributed by atoms with Crippen LogP contribution in [0.25, 0.3) is 0 Å². The van der Waals surface area contributed by atoms with E-state index in [1.807, 2.05) is 19.1 Å². The van der Waals surface area contributed by atoms with Crippen molar-refractivity contribution in [3.63, 3.8) is 0 Å². The van der Waals surface area contributed by atoms with Crippen LogP contribution in [0.3, 0.4) is 0 Å². The van der Waals surface area contributed by atoms with Crippen molar-refractivity contribution in [2.45, 2.75) is 51.9 Å². The Morgan fingerprint density at radius 2 is 1.95 bits per heavy atom. The van der Waals surface area contributed by atoms with E-state index in [1.54, 1.807) is 6.07 Å². The van der Waals surface area contributed by atoms with E-state index in [-0.39, 0.29) is 10.6 Å². The highest BCUT2D eigenvalue weighted by Crippen LogP contribution is 2.26. The third-order valence-electron chi connectivity index (χ3n) is 4.23. The lowest BCUT2D eigenvalue weighted by molar-refractivity contribution is -0.385. The zero-order chi connectivity index (χ0) is 14.4. The highest BCUT2D eigenvalue weighted by Gasteiger charge is 2.15. The predicted octanol–water partition coefficient (Wildman–Crippen LogP) is 4.54. The molecule has 1 aliphatic rings. The molecule has 2 rings (SSSR count). The standard InChI is InChI=1S/C16H24N2O2/c1-2-14-9-10-15(11-16(14)18(19)20)17-12-13-7-5-3-4-6-8-13/h9-11,13,17H,2-8,12H2,1H3. The third-order valence-corrected chi connectivity index (χ3v) is 4.23. The zero-order valence-electron chi connectivity index (χ0n) is 12.2. The van der Waals surface area contributed by atoms with Crippen molar-refractivity contribution < 1.29 is 4.92 Å². The second-order valence-electron chi connectivity index (χ2n) is 5.69. The van der Waals surface area contributed by atoms with Crippen LogP contribution >= 0.6 is 0 Å². The predicted molar refractivity (Wildman–Crippen MR) is 82.2 cm³/mol. The molecule has 0 amide bonds. The number of aryl methyl sites for hydroxylation is 1. The average Bonchev–Trinajstić information content (AvgIpc) is 2.73. The molecule has 4 nitrogen and oxygen atoms in total. The van der Waals surface area contributed by atoms with Crippen LogP contribution in [0.2, 0.25) is 0 Å². The maximum absolute atomic E-state index is 11.1. The van der Waals surface area contributed by atoms with Crippen LogP contribution in [0.5, 0.6) is 0 Å². The highest BCUT2D eigenvalue weighted by molar-refractivity contribution is 5.55. The van der Waals surface area contributed by atoms with Gasteiger partial charge in [-0.3, -0.25) is 10.1 Å². The molecule has 1 aromatic carbocycles. The molecule has 110 valence electrons. The normalized spacial score (nSPS) is 16.6. The first kappa shape index (κ1) is 14.8. The average molecular weight is 276 g/mol. The van der Waals surface area contributed by atoms with Crippen molar-refractivity contribution in [1.82, 2.24) is 0 Å². The van der Waals surface area contributed by atoms with Gasteiger partial charge in [0.15, 0.2) is 0 Å². The van der Waals surface area contributed by atoms with Crippen LogP contribution in [0.1, 0.15) is 51.0 Å². The van der Waals surface area contributed by atoms with Gasteiger partial charge in [0, 0.05) is 23.9 Å². The summed E-state index contributed by atoms with van der Waals surface area (Å²) in [6, 6.07) is 5.51. The molecule has 0 saturated heterocycles. The summed E-state index contributed by atoms with van der Waals surface area (Å²) in [4.78, 5) is 10.8. The molecule has 0 spiro atoms. The van der Waals surface area contributed by atoms with Crippen molar-refractivity contribution in [1.29, 1.82) is 0 Å². The Morgan fingerprint density at radius 1 is 1.25 bits per heavy atom. The first-order valence-corrected chi connectivity index (χ1v) is 7.72. The summed E-state index contributed by atoms with van der Waals surface area (Å²) in [5.74, 6) is 0.711. The molecule has 4 heteroatoms. The molecule has 0 radical (unpaired) electrons. The molecular formula is C16H24N2O2. The van der Waals surface area contributed by atoms with Crippen molar-refractivity contribution in [2.24, 2.45) is 5.92 Å². The van der Waals surface area contributed by atoms with Gasteiger partial charge in [0.1, 0.15) is 0 Å². The minimum atomic E-state index is -0.282. The molecule has 0 unspecified atom stereocenters. The van der Waals surface area contributed by atoms with E-state index in [2.05, 4.69) is 5.32 Å². The van der Waals surface area contributed by atoms with Gasteiger partial charge < -0.3 is 5.32 Å². The molecule has 0 aromatic heterocycles. The summed E-state index contributed by atoms with van der Waals surface area (Å²) in [5, 5.41) is 14.4. The van der Waals surface area contributed by atoms with E-state index in [9.17, 15) is 10.1 Å². The second kappa shape index (κ2) is 7.27. The Kier molecular flexibility index (Phi) is 5.39. The summed E-state index contributed by atoms with van der Waals surface area (Å²) < 4.78 is 0. The van der Waals surface area contributed by atoms with Crippen LogP contribution in [-0.2, 0) is 6.42 Å². The molecule has 20 heavy (non-hydrogen) atoms. The summed E-state index contributed by atoms with van der Waals surface area (Å²) in [7, 11) is 0. The second-order valence-corrected chi connectivity index (χ2v) is 5.69. The van der Waals surface area contributed by atoms with Crippen LogP contribution in [0, 0.1) is 16.0 Å².